The van der Waals surface area contributed by atoms with Gasteiger partial charge < -0.3 is 5.73 Å². The zero-order valence-electron chi connectivity index (χ0n) is 11.8. The van der Waals surface area contributed by atoms with Gasteiger partial charge in [-0.2, -0.15) is 5.10 Å². The summed E-state index contributed by atoms with van der Waals surface area (Å²) >= 11 is 6.28. The van der Waals surface area contributed by atoms with Crippen LogP contribution in [0.3, 0.4) is 0 Å². The summed E-state index contributed by atoms with van der Waals surface area (Å²) in [5, 5.41) is 5.09. The lowest BCUT2D eigenvalue weighted by Crippen LogP contribution is -2.38. The first-order valence-corrected chi connectivity index (χ1v) is 7.14. The van der Waals surface area contributed by atoms with Crippen molar-refractivity contribution in [3.63, 3.8) is 0 Å². The Morgan fingerprint density at radius 1 is 1.56 bits per heavy atom. The van der Waals surface area contributed by atoms with Crippen LogP contribution in [0.5, 0.6) is 0 Å². The van der Waals surface area contributed by atoms with Crippen molar-refractivity contribution in [2.75, 3.05) is 0 Å². The van der Waals surface area contributed by atoms with Gasteiger partial charge in [0.05, 0.1) is 5.69 Å². The van der Waals surface area contributed by atoms with Crippen molar-refractivity contribution in [1.82, 2.24) is 9.78 Å². The van der Waals surface area contributed by atoms with Crippen molar-refractivity contribution in [3.8, 4) is 0 Å². The molecular formula is C14H24ClN3. The van der Waals surface area contributed by atoms with E-state index in [1.807, 2.05) is 14.0 Å². The van der Waals surface area contributed by atoms with Crippen molar-refractivity contribution in [1.29, 1.82) is 0 Å². The second-order valence-electron chi connectivity index (χ2n) is 6.33. The Hall–Kier alpha value is -0.540. The summed E-state index contributed by atoms with van der Waals surface area (Å²) < 4.78 is 1.73. The number of halogens is 1. The Kier molecular flexibility index (Phi) is 3.75. The topological polar surface area (TPSA) is 43.8 Å². The van der Waals surface area contributed by atoms with E-state index in [1.165, 1.54) is 19.3 Å². The molecule has 0 spiro atoms. The Bertz CT molecular complexity index is 436. The van der Waals surface area contributed by atoms with Crippen LogP contribution in [0, 0.1) is 18.3 Å². The van der Waals surface area contributed by atoms with Gasteiger partial charge in [0.2, 0.25) is 0 Å². The summed E-state index contributed by atoms with van der Waals surface area (Å²) in [5.41, 5.74) is 8.93. The third-order valence-electron chi connectivity index (χ3n) is 4.57. The molecule has 2 unspecified atom stereocenters. The maximum absolute atomic E-state index is 6.44. The Morgan fingerprint density at radius 2 is 2.22 bits per heavy atom. The van der Waals surface area contributed by atoms with Crippen molar-refractivity contribution in [2.24, 2.45) is 24.1 Å². The molecule has 1 aliphatic carbocycles. The largest absolute Gasteiger partial charge is 0.327 e. The van der Waals surface area contributed by atoms with Gasteiger partial charge in [0.15, 0.2) is 0 Å². The number of nitrogens with zero attached hydrogens (tertiary/aromatic N) is 2. The van der Waals surface area contributed by atoms with Crippen molar-refractivity contribution >= 4 is 11.6 Å². The van der Waals surface area contributed by atoms with E-state index in [1.54, 1.807) is 4.68 Å². The molecule has 1 aromatic heterocycles. The molecule has 1 saturated carbocycles. The molecular weight excluding hydrogens is 246 g/mol. The van der Waals surface area contributed by atoms with Crippen molar-refractivity contribution < 1.29 is 0 Å². The molecule has 1 heterocycles. The highest BCUT2D eigenvalue weighted by atomic mass is 35.5. The molecule has 4 heteroatoms. The van der Waals surface area contributed by atoms with Crippen LogP contribution < -0.4 is 5.73 Å². The minimum atomic E-state index is 0.183. The number of aromatic nitrogens is 2. The minimum absolute atomic E-state index is 0.183. The van der Waals surface area contributed by atoms with Gasteiger partial charge in [-0.05, 0) is 37.5 Å². The molecule has 0 aromatic carbocycles. The van der Waals surface area contributed by atoms with E-state index in [4.69, 9.17) is 17.3 Å². The summed E-state index contributed by atoms with van der Waals surface area (Å²) in [5.74, 6) is 0.591. The van der Waals surface area contributed by atoms with E-state index in [2.05, 4.69) is 18.9 Å². The fraction of sp³-hybridized carbons (Fsp3) is 0.786. The lowest BCUT2D eigenvalue weighted by Gasteiger charge is -2.32. The molecule has 2 atom stereocenters. The highest BCUT2D eigenvalue weighted by Crippen LogP contribution is 2.44. The van der Waals surface area contributed by atoms with E-state index in [9.17, 15) is 0 Å². The molecule has 1 aromatic rings. The molecule has 102 valence electrons. The van der Waals surface area contributed by atoms with Crippen LogP contribution in [0.2, 0.25) is 5.15 Å². The van der Waals surface area contributed by atoms with Crippen LogP contribution in [0.1, 0.15) is 44.4 Å². The summed E-state index contributed by atoms with van der Waals surface area (Å²) in [6, 6.07) is 0.183. The first-order chi connectivity index (χ1) is 8.33. The van der Waals surface area contributed by atoms with Crippen LogP contribution in [0.15, 0.2) is 0 Å². The summed E-state index contributed by atoms with van der Waals surface area (Å²) in [4.78, 5) is 0. The predicted molar refractivity (Wildman–Crippen MR) is 75.8 cm³/mol. The molecule has 0 amide bonds. The third kappa shape index (κ3) is 2.43. The first-order valence-electron chi connectivity index (χ1n) is 6.76. The summed E-state index contributed by atoms with van der Waals surface area (Å²) in [6.07, 6.45) is 4.66. The lowest BCUT2D eigenvalue weighted by molar-refractivity contribution is 0.220. The van der Waals surface area contributed by atoms with Gasteiger partial charge in [-0.15, -0.1) is 0 Å². The second-order valence-corrected chi connectivity index (χ2v) is 6.69. The molecule has 1 fully saturated rings. The molecule has 18 heavy (non-hydrogen) atoms. The second kappa shape index (κ2) is 4.86. The van der Waals surface area contributed by atoms with Gasteiger partial charge in [0, 0.05) is 18.7 Å². The summed E-state index contributed by atoms with van der Waals surface area (Å²) in [6.45, 7) is 6.68. The predicted octanol–water partition coefficient (Wildman–Crippen LogP) is 3.08. The number of nitrogens with two attached hydrogens (primary N) is 1. The minimum Gasteiger partial charge on any atom is -0.327 e. The fourth-order valence-electron chi connectivity index (χ4n) is 3.43. The number of hydrogen-bond donors (Lipinski definition) is 1. The van der Waals surface area contributed by atoms with Crippen LogP contribution in [-0.4, -0.2) is 15.8 Å². The Labute approximate surface area is 115 Å². The average Bonchev–Trinajstić information content (AvgIpc) is 2.73. The van der Waals surface area contributed by atoms with E-state index in [0.717, 1.165) is 22.8 Å². The maximum Gasteiger partial charge on any atom is 0.130 e. The lowest BCUT2D eigenvalue weighted by atomic mass is 9.76. The van der Waals surface area contributed by atoms with Crippen molar-refractivity contribution in [2.45, 2.75) is 52.5 Å². The van der Waals surface area contributed by atoms with Gasteiger partial charge in [0.1, 0.15) is 5.15 Å². The van der Waals surface area contributed by atoms with Gasteiger partial charge >= 0.3 is 0 Å². The molecule has 3 nitrogen and oxygen atoms in total. The third-order valence-corrected chi connectivity index (χ3v) is 5.04. The van der Waals surface area contributed by atoms with E-state index in [-0.39, 0.29) is 6.04 Å². The van der Waals surface area contributed by atoms with Crippen LogP contribution >= 0.6 is 11.6 Å². The quantitative estimate of drug-likeness (QED) is 0.916. The molecule has 2 rings (SSSR count). The molecule has 0 radical (unpaired) electrons. The van der Waals surface area contributed by atoms with Crippen LogP contribution in [-0.2, 0) is 13.5 Å². The number of rotatable bonds is 3. The monoisotopic (exact) mass is 269 g/mol. The molecule has 0 aliphatic heterocycles. The molecule has 1 aliphatic rings. The van der Waals surface area contributed by atoms with Gasteiger partial charge in [-0.25, -0.2) is 0 Å². The Morgan fingerprint density at radius 3 is 2.67 bits per heavy atom. The van der Waals surface area contributed by atoms with Gasteiger partial charge in [-0.1, -0.05) is 31.9 Å². The highest BCUT2D eigenvalue weighted by molar-refractivity contribution is 6.30. The standard InChI is InChI=1S/C14H24ClN3/c1-9-10(13(15)18(4)17-9)8-12(16)11-6-5-7-14(11,2)3/h11-12H,5-8,16H2,1-4H3. The number of hydrogen-bond acceptors (Lipinski definition) is 2. The molecule has 0 saturated heterocycles. The van der Waals surface area contributed by atoms with Gasteiger partial charge in [0.25, 0.3) is 0 Å². The van der Waals surface area contributed by atoms with Crippen molar-refractivity contribution in [3.05, 3.63) is 16.4 Å². The highest BCUT2D eigenvalue weighted by Gasteiger charge is 2.38. The number of aryl methyl sites for hydroxylation is 2. The zero-order chi connectivity index (χ0) is 13.5. The van der Waals surface area contributed by atoms with E-state index >= 15 is 0 Å². The smallest absolute Gasteiger partial charge is 0.130 e. The van der Waals surface area contributed by atoms with E-state index in [0.29, 0.717) is 11.3 Å². The Balaban J connectivity index is 2.14. The molecule has 0 bridgehead atoms. The maximum atomic E-state index is 6.44. The summed E-state index contributed by atoms with van der Waals surface area (Å²) in [7, 11) is 1.88. The first kappa shape index (κ1) is 13.9. The normalized spacial score (nSPS) is 24.4. The average molecular weight is 270 g/mol. The SMILES string of the molecule is Cc1nn(C)c(Cl)c1CC(N)C1CCCC1(C)C. The van der Waals surface area contributed by atoms with Gasteiger partial charge in [-0.3, -0.25) is 4.68 Å². The fourth-order valence-corrected chi connectivity index (χ4v) is 3.68. The molecule has 2 N–H and O–H groups in total. The van der Waals surface area contributed by atoms with Crippen LogP contribution in [0.4, 0.5) is 0 Å². The zero-order valence-corrected chi connectivity index (χ0v) is 12.6. The van der Waals surface area contributed by atoms with E-state index < -0.39 is 0 Å². The van der Waals surface area contributed by atoms with Crippen LogP contribution in [0.25, 0.3) is 0 Å².